The van der Waals surface area contributed by atoms with Crippen LogP contribution in [0.4, 0.5) is 0 Å². The van der Waals surface area contributed by atoms with Crippen molar-refractivity contribution >= 4 is 0 Å². The molecule has 1 aromatic heterocycles. The van der Waals surface area contributed by atoms with E-state index in [1.54, 1.807) is 0 Å². The number of aryl methyl sites for hydroxylation is 2. The fourth-order valence-corrected chi connectivity index (χ4v) is 3.26. The smallest absolute Gasteiger partial charge is 0.234 e. The third kappa shape index (κ3) is 7.47. The average molecular weight is 308 g/mol. The van der Waals surface area contributed by atoms with Gasteiger partial charge in [-0.2, -0.15) is 0 Å². The van der Waals surface area contributed by atoms with Gasteiger partial charge in [-0.3, -0.25) is 0 Å². The highest BCUT2D eigenvalue weighted by molar-refractivity contribution is 4.83. The Morgan fingerprint density at radius 2 is 1.36 bits per heavy atom. The molecule has 0 unspecified atom stereocenters. The number of rotatable bonds is 14. The van der Waals surface area contributed by atoms with E-state index in [1.807, 2.05) is 0 Å². The van der Waals surface area contributed by atoms with Crippen molar-refractivity contribution in [3.05, 3.63) is 18.2 Å². The van der Waals surface area contributed by atoms with Crippen molar-refractivity contribution in [3.8, 4) is 0 Å². The van der Waals surface area contributed by atoms with E-state index in [0.717, 1.165) is 6.42 Å². The van der Waals surface area contributed by atoms with Gasteiger partial charge in [0, 0.05) is 6.42 Å². The van der Waals surface area contributed by atoms with E-state index in [1.165, 1.54) is 89.5 Å². The van der Waals surface area contributed by atoms with Crippen LogP contribution >= 0.6 is 0 Å². The lowest BCUT2D eigenvalue weighted by Crippen LogP contribution is -2.37. The Morgan fingerprint density at radius 1 is 0.773 bits per heavy atom. The highest BCUT2D eigenvalue weighted by Crippen LogP contribution is 2.08. The fourth-order valence-electron chi connectivity index (χ4n) is 3.26. The first-order valence-electron chi connectivity index (χ1n) is 9.90. The Labute approximate surface area is 138 Å². The predicted molar refractivity (Wildman–Crippen MR) is 96.1 cm³/mol. The first-order chi connectivity index (χ1) is 10.8. The van der Waals surface area contributed by atoms with Crippen LogP contribution in [0, 0.1) is 0 Å². The second kappa shape index (κ2) is 12.7. The molecule has 0 bridgehead atoms. The van der Waals surface area contributed by atoms with Gasteiger partial charge in [-0.05, 0) is 25.7 Å². The Hall–Kier alpha value is -0.790. The second-order valence-electron chi connectivity index (χ2n) is 6.64. The molecule has 0 saturated carbocycles. The van der Waals surface area contributed by atoms with Gasteiger partial charge in [0.25, 0.3) is 5.82 Å². The van der Waals surface area contributed by atoms with E-state index in [0.29, 0.717) is 0 Å². The van der Waals surface area contributed by atoms with E-state index in [9.17, 15) is 0 Å². The third-order valence-corrected chi connectivity index (χ3v) is 4.66. The summed E-state index contributed by atoms with van der Waals surface area (Å²) in [6.07, 6.45) is 20.9. The molecule has 128 valence electrons. The topological polar surface area (TPSA) is 8.81 Å². The summed E-state index contributed by atoms with van der Waals surface area (Å²) < 4.78 is 4.97. The van der Waals surface area contributed by atoms with Crippen LogP contribution in [0.25, 0.3) is 0 Å². The third-order valence-electron chi connectivity index (χ3n) is 4.66. The van der Waals surface area contributed by atoms with Gasteiger partial charge < -0.3 is 0 Å². The van der Waals surface area contributed by atoms with Crippen molar-refractivity contribution in [1.82, 2.24) is 4.57 Å². The molecule has 0 aromatic carbocycles. The van der Waals surface area contributed by atoms with Crippen LogP contribution in [0.2, 0.25) is 0 Å². The van der Waals surface area contributed by atoms with Gasteiger partial charge in [0.1, 0.15) is 12.4 Å². The van der Waals surface area contributed by atoms with Crippen molar-refractivity contribution in [2.24, 2.45) is 0 Å². The van der Waals surface area contributed by atoms with Gasteiger partial charge in [0.2, 0.25) is 0 Å². The lowest BCUT2D eigenvalue weighted by molar-refractivity contribution is -0.704. The van der Waals surface area contributed by atoms with Gasteiger partial charge in [0.05, 0.1) is 13.1 Å². The molecule has 0 amide bonds. The van der Waals surface area contributed by atoms with Crippen molar-refractivity contribution in [2.45, 2.75) is 111 Å². The highest BCUT2D eigenvalue weighted by atomic mass is 15.1. The predicted octanol–water partition coefficient (Wildman–Crippen LogP) is 5.67. The molecule has 0 atom stereocenters. The first-order valence-corrected chi connectivity index (χ1v) is 9.90. The summed E-state index contributed by atoms with van der Waals surface area (Å²) in [6, 6.07) is 0. The summed E-state index contributed by atoms with van der Waals surface area (Å²) >= 11 is 0. The van der Waals surface area contributed by atoms with Crippen molar-refractivity contribution < 1.29 is 4.57 Å². The lowest BCUT2D eigenvalue weighted by atomic mass is 10.1. The molecule has 1 rings (SSSR count). The van der Waals surface area contributed by atoms with Crippen LogP contribution in [-0.2, 0) is 19.5 Å². The standard InChI is InChI=1S/C20H39N2/c1-4-7-9-11-12-13-15-17-22-19-18-21(20(22)6-3)16-14-10-8-5-2/h18-19H,4-17H2,1-3H3/q+1. The van der Waals surface area contributed by atoms with Gasteiger partial charge >= 0.3 is 0 Å². The quantitative estimate of drug-likeness (QED) is 0.309. The zero-order valence-corrected chi connectivity index (χ0v) is 15.4. The molecule has 2 heteroatoms. The van der Waals surface area contributed by atoms with E-state index in [2.05, 4.69) is 42.3 Å². The van der Waals surface area contributed by atoms with E-state index < -0.39 is 0 Å². The van der Waals surface area contributed by atoms with Gasteiger partial charge in [-0.15, -0.1) is 0 Å². The number of imidazole rings is 1. The molecule has 22 heavy (non-hydrogen) atoms. The number of hydrogen-bond donors (Lipinski definition) is 0. The molecular formula is C20H39N2+. The van der Waals surface area contributed by atoms with E-state index in [4.69, 9.17) is 0 Å². The molecule has 0 aliphatic rings. The highest BCUT2D eigenvalue weighted by Gasteiger charge is 2.14. The molecule has 0 aliphatic carbocycles. The molecule has 0 fully saturated rings. The summed E-state index contributed by atoms with van der Waals surface area (Å²) in [4.78, 5) is 0. The number of nitrogens with zero attached hydrogens (tertiary/aromatic N) is 2. The summed E-state index contributed by atoms with van der Waals surface area (Å²) in [7, 11) is 0. The maximum Gasteiger partial charge on any atom is 0.256 e. The van der Waals surface area contributed by atoms with Crippen LogP contribution in [0.5, 0.6) is 0 Å². The minimum Gasteiger partial charge on any atom is -0.234 e. The first kappa shape index (κ1) is 19.3. The maximum atomic E-state index is 2.49. The molecule has 0 spiro atoms. The molecule has 0 aliphatic heterocycles. The molecule has 0 N–H and O–H groups in total. The van der Waals surface area contributed by atoms with Crippen LogP contribution < -0.4 is 4.57 Å². The number of aromatic nitrogens is 2. The summed E-state index contributed by atoms with van der Waals surface area (Å²) in [6.45, 7) is 9.27. The van der Waals surface area contributed by atoms with Gasteiger partial charge in [-0.1, -0.05) is 65.7 Å². The molecule has 0 saturated heterocycles. The van der Waals surface area contributed by atoms with Crippen molar-refractivity contribution in [1.29, 1.82) is 0 Å². The summed E-state index contributed by atoms with van der Waals surface area (Å²) in [5.74, 6) is 1.52. The molecule has 1 aromatic rings. The largest absolute Gasteiger partial charge is 0.256 e. The Bertz CT molecular complexity index is 368. The monoisotopic (exact) mass is 307 g/mol. The van der Waals surface area contributed by atoms with Crippen LogP contribution in [-0.4, -0.2) is 4.57 Å². The second-order valence-corrected chi connectivity index (χ2v) is 6.64. The zero-order chi connectivity index (χ0) is 16.0. The molecule has 2 nitrogen and oxygen atoms in total. The average Bonchev–Trinajstić information content (AvgIpc) is 2.92. The van der Waals surface area contributed by atoms with Gasteiger partial charge in [0.15, 0.2) is 0 Å². The molecule has 0 radical (unpaired) electrons. The number of hydrogen-bond acceptors (Lipinski definition) is 0. The van der Waals surface area contributed by atoms with Crippen LogP contribution in [0.1, 0.15) is 97.2 Å². The fraction of sp³-hybridized carbons (Fsp3) is 0.850. The van der Waals surface area contributed by atoms with Crippen LogP contribution in [0.15, 0.2) is 12.4 Å². The Balaban J connectivity index is 2.26. The van der Waals surface area contributed by atoms with Crippen molar-refractivity contribution in [2.75, 3.05) is 0 Å². The minimum atomic E-state index is 1.15. The lowest BCUT2D eigenvalue weighted by Gasteiger charge is -2.04. The SMILES string of the molecule is CCCCCCCCC[n+]1ccn(CCCCCC)c1CC. The van der Waals surface area contributed by atoms with E-state index >= 15 is 0 Å². The maximum absolute atomic E-state index is 2.49. The Kier molecular flexibility index (Phi) is 11.1. The van der Waals surface area contributed by atoms with Crippen LogP contribution in [0.3, 0.4) is 0 Å². The molecule has 1 heterocycles. The molecular weight excluding hydrogens is 268 g/mol. The van der Waals surface area contributed by atoms with Gasteiger partial charge in [-0.25, -0.2) is 9.13 Å². The Morgan fingerprint density at radius 3 is 2.00 bits per heavy atom. The number of unbranched alkanes of at least 4 members (excludes halogenated alkanes) is 9. The van der Waals surface area contributed by atoms with Crippen molar-refractivity contribution in [3.63, 3.8) is 0 Å². The van der Waals surface area contributed by atoms with E-state index in [-0.39, 0.29) is 0 Å². The normalized spacial score (nSPS) is 11.2. The summed E-state index contributed by atoms with van der Waals surface area (Å²) in [5, 5.41) is 0. The summed E-state index contributed by atoms with van der Waals surface area (Å²) in [5.41, 5.74) is 0. The minimum absolute atomic E-state index is 1.15. The zero-order valence-electron chi connectivity index (χ0n) is 15.4.